The molecule has 2 aromatic carbocycles. The number of ether oxygens (including phenoxy) is 1. The number of halogens is 1. The smallest absolute Gasteiger partial charge is 0.262 e. The van der Waals surface area contributed by atoms with Gasteiger partial charge in [-0.05, 0) is 49.6 Å². The Hall–Kier alpha value is -2.34. The molecule has 0 heterocycles. The molecule has 0 radical (unpaired) electrons. The molecule has 0 aliphatic carbocycles. The first-order chi connectivity index (χ1) is 13.1. The Morgan fingerprint density at radius 2 is 1.79 bits per heavy atom. The molecular formula is C22H27BrN2O3. The van der Waals surface area contributed by atoms with Gasteiger partial charge in [-0.1, -0.05) is 48.8 Å². The first-order valence-electron chi connectivity index (χ1n) is 9.20. The number of nitrogens with one attached hydrogen (secondary N) is 2. The molecule has 28 heavy (non-hydrogen) atoms. The van der Waals surface area contributed by atoms with Crippen molar-refractivity contribution in [2.75, 3.05) is 11.9 Å². The van der Waals surface area contributed by atoms with Crippen LogP contribution >= 0.6 is 15.9 Å². The number of carbonyl (C=O) groups excluding carboxylic acids is 2. The minimum Gasteiger partial charge on any atom is -0.483 e. The quantitative estimate of drug-likeness (QED) is 0.662. The Morgan fingerprint density at radius 3 is 2.43 bits per heavy atom. The van der Waals surface area contributed by atoms with Gasteiger partial charge in [-0.2, -0.15) is 0 Å². The number of benzene rings is 2. The second-order valence-corrected chi connectivity index (χ2v) is 8.82. The fraction of sp³-hybridized carbons (Fsp3) is 0.364. The highest BCUT2D eigenvalue weighted by Gasteiger charge is 2.20. The van der Waals surface area contributed by atoms with E-state index in [2.05, 4.69) is 47.3 Å². The minimum absolute atomic E-state index is 0.00724. The Morgan fingerprint density at radius 1 is 1.11 bits per heavy atom. The van der Waals surface area contributed by atoms with Crippen LogP contribution < -0.4 is 15.4 Å². The average Bonchev–Trinajstić information content (AvgIpc) is 2.59. The van der Waals surface area contributed by atoms with Crippen molar-refractivity contribution in [1.29, 1.82) is 0 Å². The van der Waals surface area contributed by atoms with Crippen LogP contribution in [0.2, 0.25) is 0 Å². The lowest BCUT2D eigenvalue weighted by atomic mass is 9.86. The molecule has 2 aromatic rings. The van der Waals surface area contributed by atoms with E-state index in [0.29, 0.717) is 17.0 Å². The van der Waals surface area contributed by atoms with E-state index in [1.165, 1.54) is 0 Å². The van der Waals surface area contributed by atoms with Crippen molar-refractivity contribution in [2.24, 2.45) is 0 Å². The van der Waals surface area contributed by atoms with Gasteiger partial charge in [0.1, 0.15) is 5.75 Å². The third-order valence-electron chi connectivity index (χ3n) is 3.97. The van der Waals surface area contributed by atoms with Crippen molar-refractivity contribution in [2.45, 2.75) is 46.1 Å². The fourth-order valence-electron chi connectivity index (χ4n) is 2.67. The highest BCUT2D eigenvalue weighted by Crippen LogP contribution is 2.33. The summed E-state index contributed by atoms with van der Waals surface area (Å²) >= 11 is 3.48. The molecule has 0 bridgehead atoms. The zero-order valence-electron chi connectivity index (χ0n) is 16.9. The predicted molar refractivity (Wildman–Crippen MR) is 116 cm³/mol. The molecule has 0 saturated heterocycles. The third-order valence-corrected chi connectivity index (χ3v) is 4.47. The number of para-hydroxylation sites is 1. The number of hydrogen-bond acceptors (Lipinski definition) is 3. The Labute approximate surface area is 175 Å². The van der Waals surface area contributed by atoms with Crippen molar-refractivity contribution < 1.29 is 14.3 Å². The second-order valence-electron chi connectivity index (χ2n) is 7.90. The third kappa shape index (κ3) is 6.09. The zero-order chi connectivity index (χ0) is 20.9. The first-order valence-corrected chi connectivity index (χ1v) is 10.00. The number of amides is 2. The molecule has 6 heteroatoms. The molecule has 2 amide bonds. The topological polar surface area (TPSA) is 67.4 Å². The molecule has 0 unspecified atom stereocenters. The van der Waals surface area contributed by atoms with Crippen molar-refractivity contribution in [3.8, 4) is 5.75 Å². The Balaban J connectivity index is 2.10. The highest BCUT2D eigenvalue weighted by molar-refractivity contribution is 9.10. The van der Waals surface area contributed by atoms with E-state index in [1.807, 2.05) is 32.0 Å². The van der Waals surface area contributed by atoms with E-state index in [4.69, 9.17) is 4.74 Å². The van der Waals surface area contributed by atoms with E-state index in [0.717, 1.165) is 10.0 Å². The van der Waals surface area contributed by atoms with Gasteiger partial charge in [0.25, 0.3) is 11.8 Å². The number of carbonyl (C=O) groups is 2. The van der Waals surface area contributed by atoms with E-state index >= 15 is 0 Å². The monoisotopic (exact) mass is 446 g/mol. The van der Waals surface area contributed by atoms with Crippen molar-refractivity contribution >= 4 is 33.4 Å². The van der Waals surface area contributed by atoms with E-state index in [1.54, 1.807) is 24.3 Å². The van der Waals surface area contributed by atoms with Gasteiger partial charge in [0.2, 0.25) is 0 Å². The summed E-state index contributed by atoms with van der Waals surface area (Å²) in [4.78, 5) is 24.8. The summed E-state index contributed by atoms with van der Waals surface area (Å²) in [5.41, 5.74) is 1.76. The van der Waals surface area contributed by atoms with Crippen molar-refractivity contribution in [3.63, 3.8) is 0 Å². The van der Waals surface area contributed by atoms with Crippen LogP contribution in [0.3, 0.4) is 0 Å². The molecule has 0 aromatic heterocycles. The molecule has 0 aliphatic heterocycles. The van der Waals surface area contributed by atoms with Crippen LogP contribution in [0.25, 0.3) is 0 Å². The van der Waals surface area contributed by atoms with Crippen molar-refractivity contribution in [3.05, 3.63) is 58.1 Å². The molecule has 2 rings (SSSR count). The number of hydrogen-bond donors (Lipinski definition) is 2. The number of rotatable bonds is 6. The lowest BCUT2D eigenvalue weighted by molar-refractivity contribution is -0.118. The van der Waals surface area contributed by atoms with E-state index in [-0.39, 0.29) is 29.9 Å². The first kappa shape index (κ1) is 22.0. The molecule has 5 nitrogen and oxygen atoms in total. The van der Waals surface area contributed by atoms with Gasteiger partial charge in [-0.15, -0.1) is 0 Å². The molecule has 0 atom stereocenters. The van der Waals surface area contributed by atoms with Crippen LogP contribution in [0.15, 0.2) is 46.9 Å². The SMILES string of the molecule is CC(C)NC(=O)c1ccccc1NC(=O)COc1ccc(Br)cc1C(C)(C)C. The lowest BCUT2D eigenvalue weighted by Gasteiger charge is -2.23. The summed E-state index contributed by atoms with van der Waals surface area (Å²) in [6.45, 7) is 9.89. The maximum Gasteiger partial charge on any atom is 0.262 e. The predicted octanol–water partition coefficient (Wildman–Crippen LogP) is 4.90. The Kier molecular flexibility index (Phi) is 7.24. The maximum absolute atomic E-state index is 12.4. The summed E-state index contributed by atoms with van der Waals surface area (Å²) in [6, 6.07) is 12.7. The highest BCUT2D eigenvalue weighted by atomic mass is 79.9. The minimum atomic E-state index is -0.326. The van der Waals surface area contributed by atoms with Crippen LogP contribution in [0, 0.1) is 0 Å². The van der Waals surface area contributed by atoms with Crippen molar-refractivity contribution in [1.82, 2.24) is 5.32 Å². The molecule has 0 spiro atoms. The van der Waals surface area contributed by atoms with Gasteiger partial charge in [0.05, 0.1) is 11.3 Å². The van der Waals surface area contributed by atoms with Crippen LogP contribution in [0.1, 0.15) is 50.5 Å². The summed E-state index contributed by atoms with van der Waals surface area (Å²) in [5, 5.41) is 5.60. The van der Waals surface area contributed by atoms with Gasteiger partial charge >= 0.3 is 0 Å². The summed E-state index contributed by atoms with van der Waals surface area (Å²) in [6.07, 6.45) is 0. The molecular weight excluding hydrogens is 420 g/mol. The Bertz CT molecular complexity index is 857. The normalized spacial score (nSPS) is 11.2. The van der Waals surface area contributed by atoms with Crippen LogP contribution in [-0.4, -0.2) is 24.5 Å². The fourth-order valence-corrected chi connectivity index (χ4v) is 3.03. The van der Waals surface area contributed by atoms with Gasteiger partial charge in [-0.25, -0.2) is 0 Å². The molecule has 150 valence electrons. The molecule has 0 aliphatic rings. The van der Waals surface area contributed by atoms with Gasteiger partial charge in [0.15, 0.2) is 6.61 Å². The molecule has 0 saturated carbocycles. The van der Waals surface area contributed by atoms with Crippen LogP contribution in [-0.2, 0) is 10.2 Å². The van der Waals surface area contributed by atoms with E-state index < -0.39 is 0 Å². The number of anilines is 1. The van der Waals surface area contributed by atoms with E-state index in [9.17, 15) is 9.59 Å². The zero-order valence-corrected chi connectivity index (χ0v) is 18.5. The van der Waals surface area contributed by atoms with Crippen LogP contribution in [0.5, 0.6) is 5.75 Å². The molecule has 0 fully saturated rings. The lowest BCUT2D eigenvalue weighted by Crippen LogP contribution is -2.31. The molecule has 2 N–H and O–H groups in total. The standard InChI is InChI=1S/C22H27BrN2O3/c1-14(2)24-21(27)16-8-6-7-9-18(16)25-20(26)13-28-19-11-10-15(23)12-17(19)22(3,4)5/h6-12,14H,13H2,1-5H3,(H,24,27)(H,25,26). The average molecular weight is 447 g/mol. The summed E-state index contributed by atoms with van der Waals surface area (Å²) < 4.78 is 6.74. The van der Waals surface area contributed by atoms with Crippen LogP contribution in [0.4, 0.5) is 5.69 Å². The maximum atomic E-state index is 12.4. The second kappa shape index (κ2) is 9.24. The van der Waals surface area contributed by atoms with Gasteiger partial charge in [0, 0.05) is 16.1 Å². The van der Waals surface area contributed by atoms with Gasteiger partial charge in [-0.3, -0.25) is 9.59 Å². The summed E-state index contributed by atoms with van der Waals surface area (Å²) in [5.74, 6) is 0.110. The summed E-state index contributed by atoms with van der Waals surface area (Å²) in [7, 11) is 0. The largest absolute Gasteiger partial charge is 0.483 e. The van der Waals surface area contributed by atoms with Gasteiger partial charge < -0.3 is 15.4 Å².